The van der Waals surface area contributed by atoms with E-state index in [0.717, 1.165) is 49.3 Å². The molecule has 0 saturated heterocycles. The lowest BCUT2D eigenvalue weighted by Gasteiger charge is -2.13. The fraction of sp³-hybridized carbons (Fsp3) is 0.625. The second kappa shape index (κ2) is 16.7. The van der Waals surface area contributed by atoms with Crippen LogP contribution in [-0.2, 0) is 20.0 Å². The molecule has 1 aromatic carbocycles. The first kappa shape index (κ1) is 28.2. The maximum atomic E-state index is 5.23. The van der Waals surface area contributed by atoms with Gasteiger partial charge in [-0.1, -0.05) is 57.6 Å². The third-order valence-corrected chi connectivity index (χ3v) is 5.50. The molecule has 2 rings (SSSR count). The number of methoxy groups -OCH3 is 1. The van der Waals surface area contributed by atoms with Gasteiger partial charge in [-0.15, -0.1) is 34.2 Å². The Kier molecular flexibility index (Phi) is 14.8. The third kappa shape index (κ3) is 10.7. The molecule has 0 aliphatic carbocycles. The molecular formula is C24H41IN6O. The number of nitrogens with one attached hydrogen (secondary N) is 2. The van der Waals surface area contributed by atoms with Gasteiger partial charge in [0, 0.05) is 20.1 Å². The van der Waals surface area contributed by atoms with Gasteiger partial charge in [0.15, 0.2) is 11.8 Å². The summed E-state index contributed by atoms with van der Waals surface area (Å²) in [7, 11) is 3.66. The zero-order chi connectivity index (χ0) is 22.3. The minimum Gasteiger partial charge on any atom is -0.497 e. The van der Waals surface area contributed by atoms with Crippen LogP contribution < -0.4 is 15.4 Å². The second-order valence-corrected chi connectivity index (χ2v) is 7.96. The van der Waals surface area contributed by atoms with E-state index in [0.29, 0.717) is 6.54 Å². The first-order valence-electron chi connectivity index (χ1n) is 11.6. The summed E-state index contributed by atoms with van der Waals surface area (Å²) in [6.07, 6.45) is 10.0. The van der Waals surface area contributed by atoms with Gasteiger partial charge in [0.2, 0.25) is 0 Å². The topological polar surface area (TPSA) is 76.4 Å². The number of aromatic nitrogens is 3. The molecule has 0 saturated carbocycles. The summed E-state index contributed by atoms with van der Waals surface area (Å²) in [5.74, 6) is 3.48. The van der Waals surface area contributed by atoms with Crippen molar-refractivity contribution >= 4 is 29.9 Å². The Morgan fingerprint density at radius 3 is 2.25 bits per heavy atom. The number of rotatable bonds is 14. The van der Waals surface area contributed by atoms with Gasteiger partial charge in [-0.25, -0.2) is 4.99 Å². The van der Waals surface area contributed by atoms with Crippen LogP contribution in [0.15, 0.2) is 29.3 Å². The standard InChI is InChI=1S/C24H40N6O.HI/c1-5-6-7-8-9-10-11-17-25-24(27-19-23-29-28-20(2)30(23)3)26-18-16-21-12-14-22(31-4)15-13-21;/h12-15H,5-11,16-19H2,1-4H3,(H2,25,26,27);1H. The molecule has 2 N–H and O–H groups in total. The van der Waals surface area contributed by atoms with Crippen molar-refractivity contribution in [2.24, 2.45) is 12.0 Å². The van der Waals surface area contributed by atoms with E-state index in [1.54, 1.807) is 7.11 Å². The summed E-state index contributed by atoms with van der Waals surface area (Å²) in [4.78, 5) is 4.74. The summed E-state index contributed by atoms with van der Waals surface area (Å²) in [5, 5.41) is 15.3. The monoisotopic (exact) mass is 556 g/mol. The summed E-state index contributed by atoms with van der Waals surface area (Å²) < 4.78 is 7.21. The van der Waals surface area contributed by atoms with E-state index in [2.05, 4.69) is 39.9 Å². The van der Waals surface area contributed by atoms with E-state index in [-0.39, 0.29) is 24.0 Å². The highest BCUT2D eigenvalue weighted by molar-refractivity contribution is 14.0. The van der Waals surface area contributed by atoms with Gasteiger partial charge < -0.3 is 19.9 Å². The van der Waals surface area contributed by atoms with Crippen LogP contribution in [0.25, 0.3) is 0 Å². The maximum absolute atomic E-state index is 5.23. The number of aliphatic imine (C=N–C) groups is 1. The number of hydrogen-bond acceptors (Lipinski definition) is 4. The Balaban J connectivity index is 0.00000512. The molecule has 0 spiro atoms. The first-order valence-corrected chi connectivity index (χ1v) is 11.6. The summed E-state index contributed by atoms with van der Waals surface area (Å²) in [6.45, 7) is 6.46. The molecule has 1 aromatic heterocycles. The minimum atomic E-state index is 0. The van der Waals surface area contributed by atoms with E-state index in [9.17, 15) is 0 Å². The average molecular weight is 557 g/mol. The number of hydrogen-bond donors (Lipinski definition) is 2. The average Bonchev–Trinajstić information content (AvgIpc) is 3.11. The van der Waals surface area contributed by atoms with E-state index in [1.165, 1.54) is 44.1 Å². The molecule has 0 atom stereocenters. The van der Waals surface area contributed by atoms with Crippen LogP contribution in [0.4, 0.5) is 0 Å². The number of halogens is 1. The Morgan fingerprint density at radius 2 is 1.62 bits per heavy atom. The molecule has 0 fully saturated rings. The van der Waals surface area contributed by atoms with E-state index in [4.69, 9.17) is 9.73 Å². The van der Waals surface area contributed by atoms with Crippen LogP contribution in [-0.4, -0.2) is 40.9 Å². The van der Waals surface area contributed by atoms with Crippen LogP contribution in [0.5, 0.6) is 5.75 Å². The zero-order valence-corrected chi connectivity index (χ0v) is 22.5. The van der Waals surface area contributed by atoms with E-state index >= 15 is 0 Å². The molecule has 8 heteroatoms. The minimum absolute atomic E-state index is 0. The molecule has 0 aliphatic heterocycles. The predicted octanol–water partition coefficient (Wildman–Crippen LogP) is 4.78. The Morgan fingerprint density at radius 1 is 0.969 bits per heavy atom. The molecule has 0 radical (unpaired) electrons. The van der Waals surface area contributed by atoms with Crippen molar-refractivity contribution in [3.63, 3.8) is 0 Å². The van der Waals surface area contributed by atoms with Crippen molar-refractivity contribution in [1.29, 1.82) is 0 Å². The molecule has 0 unspecified atom stereocenters. The molecule has 0 aliphatic rings. The number of benzene rings is 1. The molecule has 0 bridgehead atoms. The normalized spacial score (nSPS) is 11.2. The highest BCUT2D eigenvalue weighted by atomic mass is 127. The highest BCUT2D eigenvalue weighted by Gasteiger charge is 2.05. The molecule has 2 aromatic rings. The molecule has 0 amide bonds. The molecule has 32 heavy (non-hydrogen) atoms. The third-order valence-electron chi connectivity index (χ3n) is 5.50. The fourth-order valence-electron chi connectivity index (χ4n) is 3.32. The molecular weight excluding hydrogens is 515 g/mol. The molecule has 7 nitrogen and oxygen atoms in total. The lowest BCUT2D eigenvalue weighted by atomic mass is 10.1. The van der Waals surface area contributed by atoms with Crippen LogP contribution in [0, 0.1) is 6.92 Å². The quantitative estimate of drug-likeness (QED) is 0.152. The van der Waals surface area contributed by atoms with Crippen molar-refractivity contribution < 1.29 is 4.74 Å². The van der Waals surface area contributed by atoms with E-state index < -0.39 is 0 Å². The van der Waals surface area contributed by atoms with Crippen molar-refractivity contribution in [1.82, 2.24) is 25.4 Å². The summed E-state index contributed by atoms with van der Waals surface area (Å²) >= 11 is 0. The van der Waals surface area contributed by atoms with Gasteiger partial charge in [-0.2, -0.15) is 0 Å². The zero-order valence-electron chi connectivity index (χ0n) is 20.2. The Bertz CT molecular complexity index is 775. The van der Waals surface area contributed by atoms with Gasteiger partial charge in [0.05, 0.1) is 7.11 Å². The molecule has 180 valence electrons. The smallest absolute Gasteiger partial charge is 0.191 e. The van der Waals surface area contributed by atoms with E-state index in [1.807, 2.05) is 30.7 Å². The number of aryl methyl sites for hydroxylation is 1. The molecule has 1 heterocycles. The van der Waals surface area contributed by atoms with Crippen molar-refractivity contribution in [2.45, 2.75) is 71.8 Å². The fourth-order valence-corrected chi connectivity index (χ4v) is 3.32. The van der Waals surface area contributed by atoms with Crippen molar-refractivity contribution in [3.05, 3.63) is 41.5 Å². The van der Waals surface area contributed by atoms with Crippen molar-refractivity contribution in [2.75, 3.05) is 20.2 Å². The van der Waals surface area contributed by atoms with Crippen LogP contribution >= 0.6 is 24.0 Å². The summed E-state index contributed by atoms with van der Waals surface area (Å²) in [5.41, 5.74) is 1.27. The predicted molar refractivity (Wildman–Crippen MR) is 143 cm³/mol. The Labute approximate surface area is 210 Å². The van der Waals surface area contributed by atoms with Gasteiger partial charge in [0.1, 0.15) is 18.1 Å². The number of guanidine groups is 1. The van der Waals surface area contributed by atoms with Gasteiger partial charge in [0.25, 0.3) is 0 Å². The number of unbranched alkanes of at least 4 members (excludes halogenated alkanes) is 6. The largest absolute Gasteiger partial charge is 0.497 e. The Hall–Kier alpha value is -1.84. The lowest BCUT2D eigenvalue weighted by molar-refractivity contribution is 0.414. The summed E-state index contributed by atoms with van der Waals surface area (Å²) in [6, 6.07) is 8.20. The van der Waals surface area contributed by atoms with Crippen LogP contribution in [0.2, 0.25) is 0 Å². The SMILES string of the molecule is CCCCCCCCCNC(=NCc1nnc(C)n1C)NCCc1ccc(OC)cc1.I. The van der Waals surface area contributed by atoms with Gasteiger partial charge in [-0.3, -0.25) is 0 Å². The van der Waals surface area contributed by atoms with Gasteiger partial charge in [-0.05, 0) is 37.5 Å². The number of ether oxygens (including phenoxy) is 1. The first-order chi connectivity index (χ1) is 15.1. The highest BCUT2D eigenvalue weighted by Crippen LogP contribution is 2.11. The number of nitrogens with zero attached hydrogens (tertiary/aromatic N) is 4. The van der Waals surface area contributed by atoms with Crippen LogP contribution in [0.1, 0.15) is 69.1 Å². The second-order valence-electron chi connectivity index (χ2n) is 7.96. The maximum Gasteiger partial charge on any atom is 0.191 e. The lowest BCUT2D eigenvalue weighted by Crippen LogP contribution is -2.39. The van der Waals surface area contributed by atoms with Gasteiger partial charge >= 0.3 is 0 Å². The van der Waals surface area contributed by atoms with Crippen molar-refractivity contribution in [3.8, 4) is 5.75 Å². The van der Waals surface area contributed by atoms with Crippen LogP contribution in [0.3, 0.4) is 0 Å².